The molecule has 1 fully saturated rings. The maximum absolute atomic E-state index is 4.47. The standard InChI is InChI=1S/C13H16N2/c1-9(2)10-3-6-13-11(7-10)8-14-15(13)12-4-5-12/h3,6-9,12H,4-5H2,1-2H3. The summed E-state index contributed by atoms with van der Waals surface area (Å²) in [6.07, 6.45) is 4.59. The lowest BCUT2D eigenvalue weighted by Crippen LogP contribution is -1.95. The minimum Gasteiger partial charge on any atom is -0.262 e. The van der Waals surface area contributed by atoms with Crippen LogP contribution in [-0.4, -0.2) is 9.78 Å². The predicted molar refractivity (Wildman–Crippen MR) is 62.1 cm³/mol. The van der Waals surface area contributed by atoms with E-state index in [1.807, 2.05) is 6.20 Å². The zero-order valence-electron chi connectivity index (χ0n) is 9.27. The third kappa shape index (κ3) is 1.44. The summed E-state index contributed by atoms with van der Waals surface area (Å²) in [4.78, 5) is 0. The van der Waals surface area contributed by atoms with Gasteiger partial charge in [0.05, 0.1) is 17.8 Å². The lowest BCUT2D eigenvalue weighted by molar-refractivity contribution is 0.665. The van der Waals surface area contributed by atoms with Crippen molar-refractivity contribution in [2.24, 2.45) is 0 Å². The Morgan fingerprint density at radius 3 is 2.80 bits per heavy atom. The van der Waals surface area contributed by atoms with Gasteiger partial charge in [0.25, 0.3) is 0 Å². The van der Waals surface area contributed by atoms with Gasteiger partial charge in [-0.15, -0.1) is 0 Å². The molecule has 2 nitrogen and oxygen atoms in total. The van der Waals surface area contributed by atoms with Gasteiger partial charge in [0.2, 0.25) is 0 Å². The van der Waals surface area contributed by atoms with Crippen LogP contribution in [0.2, 0.25) is 0 Å². The van der Waals surface area contributed by atoms with Crippen molar-refractivity contribution in [2.45, 2.75) is 38.6 Å². The zero-order valence-corrected chi connectivity index (χ0v) is 9.27. The lowest BCUT2D eigenvalue weighted by Gasteiger charge is -2.05. The van der Waals surface area contributed by atoms with Crippen LogP contribution in [0.5, 0.6) is 0 Å². The smallest absolute Gasteiger partial charge is 0.0685 e. The highest BCUT2D eigenvalue weighted by Crippen LogP contribution is 2.36. The van der Waals surface area contributed by atoms with E-state index in [1.165, 1.54) is 29.3 Å². The van der Waals surface area contributed by atoms with Crippen LogP contribution in [0.3, 0.4) is 0 Å². The van der Waals surface area contributed by atoms with E-state index in [0.29, 0.717) is 12.0 Å². The largest absolute Gasteiger partial charge is 0.262 e. The van der Waals surface area contributed by atoms with E-state index in [9.17, 15) is 0 Å². The summed E-state index contributed by atoms with van der Waals surface area (Å²) < 4.78 is 2.18. The molecule has 0 spiro atoms. The van der Waals surface area contributed by atoms with Crippen LogP contribution in [-0.2, 0) is 0 Å². The number of hydrogen-bond donors (Lipinski definition) is 0. The molecule has 0 bridgehead atoms. The van der Waals surface area contributed by atoms with E-state index in [1.54, 1.807) is 0 Å². The fraction of sp³-hybridized carbons (Fsp3) is 0.462. The van der Waals surface area contributed by atoms with Crippen LogP contribution >= 0.6 is 0 Å². The van der Waals surface area contributed by atoms with Gasteiger partial charge in [0.15, 0.2) is 0 Å². The molecule has 0 unspecified atom stereocenters. The van der Waals surface area contributed by atoms with E-state index in [2.05, 4.69) is 41.8 Å². The molecule has 0 amide bonds. The molecule has 2 aromatic rings. The van der Waals surface area contributed by atoms with Gasteiger partial charge in [0.1, 0.15) is 0 Å². The van der Waals surface area contributed by atoms with Crippen molar-refractivity contribution >= 4 is 10.9 Å². The Bertz CT molecular complexity index is 492. The molecule has 1 aromatic carbocycles. The maximum atomic E-state index is 4.47. The van der Waals surface area contributed by atoms with Gasteiger partial charge in [-0.2, -0.15) is 5.10 Å². The summed E-state index contributed by atoms with van der Waals surface area (Å²) in [5, 5.41) is 5.76. The maximum Gasteiger partial charge on any atom is 0.0685 e. The van der Waals surface area contributed by atoms with Crippen LogP contribution in [0.15, 0.2) is 24.4 Å². The van der Waals surface area contributed by atoms with E-state index in [-0.39, 0.29) is 0 Å². The summed E-state index contributed by atoms with van der Waals surface area (Å²) in [5.74, 6) is 0.596. The van der Waals surface area contributed by atoms with Gasteiger partial charge < -0.3 is 0 Å². The topological polar surface area (TPSA) is 17.8 Å². The number of benzene rings is 1. The Morgan fingerprint density at radius 1 is 1.33 bits per heavy atom. The number of aromatic nitrogens is 2. The van der Waals surface area contributed by atoms with E-state index in [4.69, 9.17) is 0 Å². The monoisotopic (exact) mass is 200 g/mol. The quantitative estimate of drug-likeness (QED) is 0.725. The van der Waals surface area contributed by atoms with Crippen molar-refractivity contribution in [3.05, 3.63) is 30.0 Å². The molecule has 0 radical (unpaired) electrons. The van der Waals surface area contributed by atoms with Crippen LogP contribution < -0.4 is 0 Å². The van der Waals surface area contributed by atoms with Crippen molar-refractivity contribution in [1.29, 1.82) is 0 Å². The summed E-state index contributed by atoms with van der Waals surface area (Å²) in [6.45, 7) is 4.46. The Kier molecular flexibility index (Phi) is 1.84. The lowest BCUT2D eigenvalue weighted by atomic mass is 10.0. The molecule has 1 aliphatic carbocycles. The van der Waals surface area contributed by atoms with Crippen LogP contribution in [0.4, 0.5) is 0 Å². The van der Waals surface area contributed by atoms with E-state index >= 15 is 0 Å². The molecule has 78 valence electrons. The van der Waals surface area contributed by atoms with Gasteiger partial charge in [-0.25, -0.2) is 0 Å². The van der Waals surface area contributed by atoms with Crippen molar-refractivity contribution in [2.75, 3.05) is 0 Å². The number of fused-ring (bicyclic) bond motifs is 1. The molecular formula is C13H16N2. The van der Waals surface area contributed by atoms with Crippen molar-refractivity contribution in [3.8, 4) is 0 Å². The molecule has 0 saturated heterocycles. The van der Waals surface area contributed by atoms with Crippen molar-refractivity contribution < 1.29 is 0 Å². The average molecular weight is 200 g/mol. The Balaban J connectivity index is 2.13. The van der Waals surface area contributed by atoms with Crippen LogP contribution in [0.25, 0.3) is 10.9 Å². The first kappa shape index (κ1) is 8.96. The van der Waals surface area contributed by atoms with E-state index < -0.39 is 0 Å². The molecule has 1 heterocycles. The molecule has 1 aliphatic rings. The first-order chi connectivity index (χ1) is 7.25. The Labute approximate surface area is 89.9 Å². The minimum absolute atomic E-state index is 0.596. The molecule has 0 N–H and O–H groups in total. The van der Waals surface area contributed by atoms with Gasteiger partial charge in [0, 0.05) is 5.39 Å². The number of rotatable bonds is 2. The van der Waals surface area contributed by atoms with Gasteiger partial charge in [-0.05, 0) is 36.5 Å². The van der Waals surface area contributed by atoms with Crippen molar-refractivity contribution in [3.63, 3.8) is 0 Å². The molecule has 1 saturated carbocycles. The third-order valence-electron chi connectivity index (χ3n) is 3.18. The summed E-state index contributed by atoms with van der Waals surface area (Å²) in [7, 11) is 0. The predicted octanol–water partition coefficient (Wildman–Crippen LogP) is 3.49. The molecule has 3 rings (SSSR count). The highest BCUT2D eigenvalue weighted by Gasteiger charge is 2.25. The first-order valence-electron chi connectivity index (χ1n) is 5.73. The molecule has 0 aliphatic heterocycles. The van der Waals surface area contributed by atoms with E-state index in [0.717, 1.165) is 0 Å². The summed E-state index contributed by atoms with van der Waals surface area (Å²) in [5.41, 5.74) is 2.69. The second-order valence-electron chi connectivity index (χ2n) is 4.79. The average Bonchev–Trinajstić information content (AvgIpc) is 2.98. The first-order valence-corrected chi connectivity index (χ1v) is 5.73. The molecule has 2 heteroatoms. The highest BCUT2D eigenvalue weighted by atomic mass is 15.3. The van der Waals surface area contributed by atoms with Gasteiger partial charge >= 0.3 is 0 Å². The van der Waals surface area contributed by atoms with Gasteiger partial charge in [-0.1, -0.05) is 19.9 Å². The molecule has 1 aromatic heterocycles. The SMILES string of the molecule is CC(C)c1ccc2c(cnn2C2CC2)c1. The summed E-state index contributed by atoms with van der Waals surface area (Å²) >= 11 is 0. The second-order valence-corrected chi connectivity index (χ2v) is 4.79. The molecule has 0 atom stereocenters. The number of nitrogens with zero attached hydrogens (tertiary/aromatic N) is 2. The molecular weight excluding hydrogens is 184 g/mol. The fourth-order valence-corrected chi connectivity index (χ4v) is 2.04. The van der Waals surface area contributed by atoms with Crippen LogP contribution in [0.1, 0.15) is 44.2 Å². The molecule has 15 heavy (non-hydrogen) atoms. The minimum atomic E-state index is 0.596. The zero-order chi connectivity index (χ0) is 10.4. The third-order valence-corrected chi connectivity index (χ3v) is 3.18. The van der Waals surface area contributed by atoms with Gasteiger partial charge in [-0.3, -0.25) is 4.68 Å². The second kappa shape index (κ2) is 3.09. The Morgan fingerprint density at radius 2 is 2.13 bits per heavy atom. The normalized spacial score (nSPS) is 16.5. The summed E-state index contributed by atoms with van der Waals surface area (Å²) in [6, 6.07) is 7.39. The number of hydrogen-bond acceptors (Lipinski definition) is 1. The highest BCUT2D eigenvalue weighted by molar-refractivity contribution is 5.79. The Hall–Kier alpha value is -1.31. The van der Waals surface area contributed by atoms with Crippen molar-refractivity contribution in [1.82, 2.24) is 9.78 Å². The van der Waals surface area contributed by atoms with Crippen LogP contribution in [0, 0.1) is 0 Å². The fourth-order valence-electron chi connectivity index (χ4n) is 2.04.